The Morgan fingerprint density at radius 1 is 1.06 bits per heavy atom. The molecule has 2 saturated heterocycles. The molecule has 33 heavy (non-hydrogen) atoms. The van der Waals surface area contributed by atoms with Crippen molar-refractivity contribution in [2.75, 3.05) is 11.4 Å². The number of halogens is 2. The van der Waals surface area contributed by atoms with Crippen LogP contribution in [0.25, 0.3) is 0 Å². The lowest BCUT2D eigenvalue weighted by Crippen LogP contribution is -2.57. The summed E-state index contributed by atoms with van der Waals surface area (Å²) in [7, 11) is 0. The van der Waals surface area contributed by atoms with Gasteiger partial charge in [0.2, 0.25) is 5.91 Å². The minimum Gasteiger partial charge on any atom is -0.448 e. The first-order chi connectivity index (χ1) is 15.4. The van der Waals surface area contributed by atoms with E-state index in [1.54, 1.807) is 0 Å². The van der Waals surface area contributed by atoms with Crippen molar-refractivity contribution in [2.24, 2.45) is 16.2 Å². The number of carbonyl (C=O) groups excluding carboxylic acids is 3. The van der Waals surface area contributed by atoms with Crippen LogP contribution < -0.4 is 10.2 Å². The smallest absolute Gasteiger partial charge is 0.313 e. The number of rotatable bonds is 3. The predicted molar refractivity (Wildman–Crippen MR) is 116 cm³/mol. The summed E-state index contributed by atoms with van der Waals surface area (Å²) in [6.07, 6.45) is 4.30. The van der Waals surface area contributed by atoms with Gasteiger partial charge in [0.25, 0.3) is 5.91 Å². The van der Waals surface area contributed by atoms with Crippen molar-refractivity contribution in [3.8, 4) is 0 Å². The van der Waals surface area contributed by atoms with Gasteiger partial charge < -0.3 is 15.0 Å². The first-order valence-corrected chi connectivity index (χ1v) is 11.8. The number of benzene rings is 1. The molecule has 4 atom stereocenters. The first-order valence-electron chi connectivity index (χ1n) is 11.8. The molecule has 1 aromatic rings. The molecule has 178 valence electrons. The maximum atomic E-state index is 13.7. The van der Waals surface area contributed by atoms with E-state index in [9.17, 15) is 23.2 Å². The number of hydrogen-bond acceptors (Lipinski definition) is 4. The van der Waals surface area contributed by atoms with E-state index >= 15 is 0 Å². The molecule has 0 aromatic heterocycles. The highest BCUT2D eigenvalue weighted by atomic mass is 19.1. The summed E-state index contributed by atoms with van der Waals surface area (Å²) < 4.78 is 33.2. The standard InChI is InChI=1S/C25H30F2N2O4/c1-22(2)23(3)7-8-25(22,33-21(23)32)19(30)28-17-5-4-6-24(14-17)9-10-29(20(24)31)18-12-15(26)11-16(27)13-18/h11-13,17H,4-10,14H2,1-3H3,(H,28,30)/t17-,23+,24?,25-/m1/s1. The molecule has 0 radical (unpaired) electrons. The molecule has 8 heteroatoms. The number of amides is 2. The third kappa shape index (κ3) is 2.91. The molecule has 2 aliphatic heterocycles. The summed E-state index contributed by atoms with van der Waals surface area (Å²) in [5, 5.41) is 3.11. The van der Waals surface area contributed by atoms with Crippen LogP contribution in [-0.4, -0.2) is 36.0 Å². The Kier molecular flexibility index (Phi) is 4.73. The van der Waals surface area contributed by atoms with Crippen LogP contribution >= 0.6 is 0 Å². The second-order valence-corrected chi connectivity index (χ2v) is 11.1. The van der Waals surface area contributed by atoms with Gasteiger partial charge >= 0.3 is 5.97 Å². The summed E-state index contributed by atoms with van der Waals surface area (Å²) in [4.78, 5) is 40.9. The van der Waals surface area contributed by atoms with Crippen LogP contribution in [0.2, 0.25) is 0 Å². The Morgan fingerprint density at radius 2 is 1.76 bits per heavy atom. The zero-order chi connectivity index (χ0) is 23.8. The Morgan fingerprint density at radius 3 is 2.36 bits per heavy atom. The SMILES string of the molecule is CC1(C)[C@@]2(C)CC[C@]1(C(=O)N[C@@H]1CCCC3(CCN(c4cc(F)cc(F)c4)C3=O)C1)OC2=O. The molecular formula is C25H30F2N2O4. The van der Waals surface area contributed by atoms with E-state index in [1.807, 2.05) is 20.8 Å². The minimum atomic E-state index is -1.19. The van der Waals surface area contributed by atoms with Gasteiger partial charge in [-0.2, -0.15) is 0 Å². The molecule has 4 fully saturated rings. The van der Waals surface area contributed by atoms with Gasteiger partial charge in [-0.1, -0.05) is 20.3 Å². The van der Waals surface area contributed by atoms with Crippen LogP contribution in [0.3, 0.4) is 0 Å². The van der Waals surface area contributed by atoms with Gasteiger partial charge in [0, 0.05) is 29.8 Å². The molecule has 2 heterocycles. The Bertz CT molecular complexity index is 1040. The fourth-order valence-electron chi connectivity index (χ4n) is 6.72. The highest BCUT2D eigenvalue weighted by Gasteiger charge is 2.75. The zero-order valence-electron chi connectivity index (χ0n) is 19.3. The van der Waals surface area contributed by atoms with Gasteiger partial charge in [0.05, 0.1) is 10.8 Å². The van der Waals surface area contributed by atoms with Crippen molar-refractivity contribution in [1.29, 1.82) is 0 Å². The molecule has 6 nitrogen and oxygen atoms in total. The number of ether oxygens (including phenoxy) is 1. The zero-order valence-corrected chi connectivity index (χ0v) is 19.3. The van der Waals surface area contributed by atoms with E-state index in [4.69, 9.17) is 4.74 Å². The predicted octanol–water partition coefficient (Wildman–Crippen LogP) is 3.87. The van der Waals surface area contributed by atoms with E-state index in [0.717, 1.165) is 18.9 Å². The average molecular weight is 461 g/mol. The summed E-state index contributed by atoms with van der Waals surface area (Å²) in [5.74, 6) is -2.18. The van der Waals surface area contributed by atoms with Crippen LogP contribution in [0.4, 0.5) is 14.5 Å². The highest BCUT2D eigenvalue weighted by Crippen LogP contribution is 2.65. The van der Waals surface area contributed by atoms with Crippen LogP contribution in [0.5, 0.6) is 0 Å². The van der Waals surface area contributed by atoms with Crippen molar-refractivity contribution in [2.45, 2.75) is 77.4 Å². The molecule has 2 bridgehead atoms. The Labute approximate surface area is 192 Å². The van der Waals surface area contributed by atoms with E-state index in [0.29, 0.717) is 38.6 Å². The van der Waals surface area contributed by atoms with E-state index in [1.165, 1.54) is 17.0 Å². The third-order valence-corrected chi connectivity index (χ3v) is 9.30. The molecule has 2 amide bonds. The Hall–Kier alpha value is -2.51. The van der Waals surface area contributed by atoms with Crippen molar-refractivity contribution < 1.29 is 27.9 Å². The molecule has 1 aromatic carbocycles. The van der Waals surface area contributed by atoms with Crippen molar-refractivity contribution in [3.63, 3.8) is 0 Å². The highest BCUT2D eigenvalue weighted by molar-refractivity contribution is 6.00. The van der Waals surface area contributed by atoms with Crippen LogP contribution in [0, 0.1) is 27.9 Å². The fraction of sp³-hybridized carbons (Fsp3) is 0.640. The molecule has 5 rings (SSSR count). The summed E-state index contributed by atoms with van der Waals surface area (Å²) in [6.45, 7) is 6.09. The van der Waals surface area contributed by atoms with Gasteiger partial charge in [-0.15, -0.1) is 0 Å². The van der Waals surface area contributed by atoms with E-state index in [-0.39, 0.29) is 29.5 Å². The minimum absolute atomic E-state index is 0.148. The summed E-state index contributed by atoms with van der Waals surface area (Å²) in [5.41, 5.74) is -2.93. The van der Waals surface area contributed by atoms with E-state index < -0.39 is 33.5 Å². The van der Waals surface area contributed by atoms with Crippen molar-refractivity contribution >= 4 is 23.5 Å². The lowest BCUT2D eigenvalue weighted by molar-refractivity contribution is -0.168. The molecule has 2 aliphatic carbocycles. The summed E-state index contributed by atoms with van der Waals surface area (Å²) >= 11 is 0. The average Bonchev–Trinajstić information content (AvgIpc) is 3.20. The number of nitrogens with one attached hydrogen (secondary N) is 1. The molecule has 1 spiro atoms. The van der Waals surface area contributed by atoms with E-state index in [2.05, 4.69) is 5.32 Å². The molecule has 1 unspecified atom stereocenters. The molecule has 1 N–H and O–H groups in total. The second kappa shape index (κ2) is 7.00. The normalized spacial score (nSPS) is 37.0. The quantitative estimate of drug-likeness (QED) is 0.695. The number of nitrogens with zero attached hydrogens (tertiary/aromatic N) is 1. The van der Waals surface area contributed by atoms with Gasteiger partial charge in [-0.25, -0.2) is 8.78 Å². The second-order valence-electron chi connectivity index (χ2n) is 11.1. The number of hydrogen-bond donors (Lipinski definition) is 1. The van der Waals surface area contributed by atoms with Gasteiger partial charge in [-0.3, -0.25) is 14.4 Å². The largest absolute Gasteiger partial charge is 0.448 e. The number of anilines is 1. The monoisotopic (exact) mass is 460 g/mol. The van der Waals surface area contributed by atoms with Crippen LogP contribution in [0.1, 0.15) is 65.7 Å². The summed E-state index contributed by atoms with van der Waals surface area (Å²) in [6, 6.07) is 2.91. The van der Waals surface area contributed by atoms with Crippen LogP contribution in [-0.2, 0) is 19.1 Å². The fourth-order valence-corrected chi connectivity index (χ4v) is 6.72. The first kappa shape index (κ1) is 22.3. The molecular weight excluding hydrogens is 430 g/mol. The number of fused-ring (bicyclic) bond motifs is 2. The number of esters is 1. The van der Waals surface area contributed by atoms with Crippen molar-refractivity contribution in [1.82, 2.24) is 5.32 Å². The number of carbonyl (C=O) groups is 3. The molecule has 2 saturated carbocycles. The lowest BCUT2D eigenvalue weighted by atomic mass is 9.66. The van der Waals surface area contributed by atoms with Crippen LogP contribution in [0.15, 0.2) is 18.2 Å². The third-order valence-electron chi connectivity index (χ3n) is 9.30. The maximum Gasteiger partial charge on any atom is 0.313 e. The Balaban J connectivity index is 1.33. The lowest BCUT2D eigenvalue weighted by Gasteiger charge is -2.40. The van der Waals surface area contributed by atoms with Gasteiger partial charge in [-0.05, 0) is 57.6 Å². The maximum absolute atomic E-state index is 13.7. The van der Waals surface area contributed by atoms with Gasteiger partial charge in [0.1, 0.15) is 11.6 Å². The van der Waals surface area contributed by atoms with Gasteiger partial charge in [0.15, 0.2) is 5.60 Å². The molecule has 4 aliphatic rings. The topological polar surface area (TPSA) is 75.7 Å². The van der Waals surface area contributed by atoms with Crippen molar-refractivity contribution in [3.05, 3.63) is 29.8 Å².